The molecule has 0 aromatic heterocycles. The molecular weight excluding hydrogens is 184 g/mol. The molecule has 0 aromatic carbocycles. The van der Waals surface area contributed by atoms with Gasteiger partial charge in [-0.1, -0.05) is 13.8 Å². The molecule has 0 fully saturated rings. The Morgan fingerprint density at radius 2 is 1.57 bits per heavy atom. The van der Waals surface area contributed by atoms with Crippen LogP contribution in [0.4, 0.5) is 0 Å². The average molecular weight is 204 g/mol. The summed E-state index contributed by atoms with van der Waals surface area (Å²) in [6.45, 7) is 11.4. The molecule has 0 rings (SSSR count). The van der Waals surface area contributed by atoms with E-state index in [-0.39, 0.29) is 0 Å². The molecule has 0 saturated heterocycles. The zero-order chi connectivity index (χ0) is 11.4. The van der Waals surface area contributed by atoms with Crippen LogP contribution in [0.3, 0.4) is 0 Å². The predicted octanol–water partition coefficient (Wildman–Crippen LogP) is 2.28. The fraction of sp³-hybridized carbons (Fsp3) is 0.900. The molecule has 0 aliphatic heterocycles. The van der Waals surface area contributed by atoms with Gasteiger partial charge in [-0.25, -0.2) is 4.89 Å². The molecule has 4 nitrogen and oxygen atoms in total. The van der Waals surface area contributed by atoms with E-state index >= 15 is 0 Å². The summed E-state index contributed by atoms with van der Waals surface area (Å²) in [5, 5.41) is 0. The summed E-state index contributed by atoms with van der Waals surface area (Å²) in [7, 11) is 0. The van der Waals surface area contributed by atoms with E-state index in [0.29, 0.717) is 12.4 Å². The number of rotatable bonds is 6. The van der Waals surface area contributed by atoms with Gasteiger partial charge >= 0.3 is 0 Å². The van der Waals surface area contributed by atoms with Crippen molar-refractivity contribution in [3.05, 3.63) is 0 Å². The van der Waals surface area contributed by atoms with Gasteiger partial charge < -0.3 is 4.74 Å². The van der Waals surface area contributed by atoms with Crippen molar-refractivity contribution in [3.63, 3.8) is 0 Å². The summed E-state index contributed by atoms with van der Waals surface area (Å²) in [4.78, 5) is 20.4. The van der Waals surface area contributed by atoms with Gasteiger partial charge in [-0.05, 0) is 19.8 Å². The van der Waals surface area contributed by atoms with Crippen molar-refractivity contribution < 1.29 is 19.3 Å². The van der Waals surface area contributed by atoms with Crippen molar-refractivity contribution in [1.29, 1.82) is 0 Å². The average Bonchev–Trinajstić information content (AvgIpc) is 2.01. The van der Waals surface area contributed by atoms with E-state index in [1.165, 1.54) is 0 Å². The maximum Gasteiger partial charge on any atom is 0.295 e. The molecule has 0 atom stereocenters. The fourth-order valence-electron chi connectivity index (χ4n) is 0.439. The molecule has 0 saturated carbocycles. The van der Waals surface area contributed by atoms with Gasteiger partial charge in [-0.2, -0.15) is 4.89 Å². The normalized spacial score (nSPS) is 13.1. The van der Waals surface area contributed by atoms with E-state index in [1.807, 2.05) is 27.7 Å². The summed E-state index contributed by atoms with van der Waals surface area (Å²) < 4.78 is 4.68. The Hall–Kier alpha value is -0.610. The highest BCUT2D eigenvalue weighted by atomic mass is 17.2. The predicted molar refractivity (Wildman–Crippen MR) is 52.3 cm³/mol. The van der Waals surface area contributed by atoms with Crippen LogP contribution in [0.5, 0.6) is 0 Å². The molecule has 0 spiro atoms. The van der Waals surface area contributed by atoms with E-state index in [4.69, 9.17) is 9.78 Å². The van der Waals surface area contributed by atoms with Gasteiger partial charge in [0.2, 0.25) is 5.79 Å². The molecule has 0 N–H and O–H groups in total. The van der Waals surface area contributed by atoms with Crippen molar-refractivity contribution in [3.8, 4) is 0 Å². The van der Waals surface area contributed by atoms with Crippen LogP contribution in [0.25, 0.3) is 0 Å². The standard InChI is InChI=1S/C10H20O4/c1-8(2)9(3,4)13-14-10(5,6)12-7-11/h7-8H,1-6H3. The van der Waals surface area contributed by atoms with Crippen LogP contribution < -0.4 is 0 Å². The quantitative estimate of drug-likeness (QED) is 0.288. The van der Waals surface area contributed by atoms with Gasteiger partial charge in [0.25, 0.3) is 6.47 Å². The van der Waals surface area contributed by atoms with Crippen LogP contribution in [0.15, 0.2) is 0 Å². The van der Waals surface area contributed by atoms with Crippen LogP contribution in [-0.4, -0.2) is 17.9 Å². The second-order valence-corrected chi connectivity index (χ2v) is 4.54. The molecule has 0 bridgehead atoms. The van der Waals surface area contributed by atoms with Crippen LogP contribution >= 0.6 is 0 Å². The van der Waals surface area contributed by atoms with Crippen LogP contribution in [-0.2, 0) is 19.3 Å². The SMILES string of the molecule is CC(C)C(C)(C)OOC(C)(C)OC=O. The monoisotopic (exact) mass is 204 g/mol. The second-order valence-electron chi connectivity index (χ2n) is 4.54. The molecule has 84 valence electrons. The Balaban J connectivity index is 4.10. The molecule has 0 heterocycles. The first-order valence-electron chi connectivity index (χ1n) is 4.69. The first-order chi connectivity index (χ1) is 6.21. The molecule has 0 unspecified atom stereocenters. The van der Waals surface area contributed by atoms with Crippen LogP contribution in [0.1, 0.15) is 41.5 Å². The third-order valence-electron chi connectivity index (χ3n) is 2.18. The molecular formula is C10H20O4. The van der Waals surface area contributed by atoms with Gasteiger partial charge in [-0.15, -0.1) is 0 Å². The zero-order valence-electron chi connectivity index (χ0n) is 9.79. The number of carbonyl (C=O) groups excluding carboxylic acids is 1. The molecule has 0 radical (unpaired) electrons. The van der Waals surface area contributed by atoms with Crippen molar-refractivity contribution >= 4 is 6.47 Å². The summed E-state index contributed by atoms with van der Waals surface area (Å²) in [6.07, 6.45) is 0. The fourth-order valence-corrected chi connectivity index (χ4v) is 0.439. The third-order valence-corrected chi connectivity index (χ3v) is 2.18. The zero-order valence-corrected chi connectivity index (χ0v) is 9.79. The minimum atomic E-state index is -1.05. The lowest BCUT2D eigenvalue weighted by atomic mass is 9.95. The number of hydrogen-bond acceptors (Lipinski definition) is 4. The lowest BCUT2D eigenvalue weighted by Gasteiger charge is -2.31. The summed E-state index contributed by atoms with van der Waals surface area (Å²) in [5.74, 6) is -0.747. The summed E-state index contributed by atoms with van der Waals surface area (Å²) in [6, 6.07) is 0. The lowest BCUT2D eigenvalue weighted by Crippen LogP contribution is -2.37. The van der Waals surface area contributed by atoms with Crippen molar-refractivity contribution in [1.82, 2.24) is 0 Å². The highest BCUT2D eigenvalue weighted by Gasteiger charge is 2.29. The Bertz CT molecular complexity index is 185. The summed E-state index contributed by atoms with van der Waals surface area (Å²) in [5.41, 5.74) is -0.413. The van der Waals surface area contributed by atoms with E-state index in [2.05, 4.69) is 4.74 Å². The minimum Gasteiger partial charge on any atom is -0.433 e. The highest BCUT2D eigenvalue weighted by molar-refractivity contribution is 5.37. The second kappa shape index (κ2) is 4.75. The van der Waals surface area contributed by atoms with Crippen molar-refractivity contribution in [2.75, 3.05) is 0 Å². The number of ether oxygens (including phenoxy) is 1. The Kier molecular flexibility index (Phi) is 4.55. The van der Waals surface area contributed by atoms with Gasteiger partial charge in [-0.3, -0.25) is 4.79 Å². The molecule has 14 heavy (non-hydrogen) atoms. The Labute approximate surface area is 85.5 Å². The van der Waals surface area contributed by atoms with Gasteiger partial charge in [0, 0.05) is 13.8 Å². The van der Waals surface area contributed by atoms with Crippen LogP contribution in [0.2, 0.25) is 0 Å². The topological polar surface area (TPSA) is 44.8 Å². The van der Waals surface area contributed by atoms with E-state index in [1.54, 1.807) is 13.8 Å². The molecule has 4 heteroatoms. The van der Waals surface area contributed by atoms with Crippen LogP contribution in [0, 0.1) is 5.92 Å². The lowest BCUT2D eigenvalue weighted by molar-refractivity contribution is -0.447. The first-order valence-corrected chi connectivity index (χ1v) is 4.69. The van der Waals surface area contributed by atoms with Crippen molar-refractivity contribution in [2.45, 2.75) is 52.9 Å². The third kappa shape index (κ3) is 4.58. The molecule has 0 aliphatic carbocycles. The van der Waals surface area contributed by atoms with Crippen molar-refractivity contribution in [2.24, 2.45) is 5.92 Å². The van der Waals surface area contributed by atoms with Gasteiger partial charge in [0.1, 0.15) is 5.60 Å². The number of hydrogen-bond donors (Lipinski definition) is 0. The summed E-state index contributed by atoms with van der Waals surface area (Å²) >= 11 is 0. The van der Waals surface area contributed by atoms with E-state index < -0.39 is 11.4 Å². The maximum absolute atomic E-state index is 10.1. The molecule has 0 aliphatic rings. The smallest absolute Gasteiger partial charge is 0.295 e. The first kappa shape index (κ1) is 13.4. The van der Waals surface area contributed by atoms with E-state index in [0.717, 1.165) is 0 Å². The van der Waals surface area contributed by atoms with Gasteiger partial charge in [0.15, 0.2) is 0 Å². The highest BCUT2D eigenvalue weighted by Crippen LogP contribution is 2.23. The van der Waals surface area contributed by atoms with Gasteiger partial charge in [0.05, 0.1) is 0 Å². The van der Waals surface area contributed by atoms with E-state index in [9.17, 15) is 4.79 Å². The minimum absolute atomic E-state index is 0.300. The Morgan fingerprint density at radius 3 is 1.93 bits per heavy atom. The largest absolute Gasteiger partial charge is 0.433 e. The maximum atomic E-state index is 10.1. The molecule has 0 amide bonds. The molecule has 0 aromatic rings. The number of carbonyl (C=O) groups is 1. The Morgan fingerprint density at radius 1 is 1.07 bits per heavy atom.